The third-order valence-corrected chi connectivity index (χ3v) is 4.17. The van der Waals surface area contributed by atoms with Crippen molar-refractivity contribution < 1.29 is 9.53 Å². The molecular weight excluding hydrogens is 334 g/mol. The van der Waals surface area contributed by atoms with Gasteiger partial charge in [-0.2, -0.15) is 0 Å². The fourth-order valence-corrected chi connectivity index (χ4v) is 2.75. The lowest BCUT2D eigenvalue weighted by Crippen LogP contribution is -2.08. The third kappa shape index (κ3) is 5.58. The minimum absolute atomic E-state index is 0.155. The van der Waals surface area contributed by atoms with E-state index in [9.17, 15) is 4.79 Å². The van der Waals surface area contributed by atoms with E-state index >= 15 is 0 Å². The van der Waals surface area contributed by atoms with Gasteiger partial charge in [0.15, 0.2) is 0 Å². The fourth-order valence-electron chi connectivity index (χ4n) is 2.75. The van der Waals surface area contributed by atoms with Gasteiger partial charge in [0, 0.05) is 11.8 Å². The van der Waals surface area contributed by atoms with Crippen LogP contribution in [0.2, 0.25) is 0 Å². The molecular formula is C24H23NO2. The molecule has 3 rings (SSSR count). The van der Waals surface area contributed by atoms with Gasteiger partial charge in [-0.15, -0.1) is 0 Å². The molecule has 0 aromatic heterocycles. The second kappa shape index (κ2) is 8.86. The Morgan fingerprint density at radius 1 is 0.963 bits per heavy atom. The molecule has 0 heterocycles. The van der Waals surface area contributed by atoms with Crippen molar-refractivity contribution in [2.45, 2.75) is 20.5 Å². The molecule has 0 unspecified atom stereocenters. The Kier molecular flexibility index (Phi) is 6.06. The van der Waals surface area contributed by atoms with Crippen LogP contribution in [0, 0.1) is 13.8 Å². The van der Waals surface area contributed by atoms with Crippen LogP contribution in [0.25, 0.3) is 6.08 Å². The summed E-state index contributed by atoms with van der Waals surface area (Å²) in [6.07, 6.45) is 3.32. The van der Waals surface area contributed by atoms with Crippen molar-refractivity contribution in [1.29, 1.82) is 0 Å². The molecule has 3 nitrogen and oxygen atoms in total. The number of rotatable bonds is 6. The molecule has 0 aliphatic rings. The highest BCUT2D eigenvalue weighted by Crippen LogP contribution is 2.18. The molecule has 3 aromatic carbocycles. The summed E-state index contributed by atoms with van der Waals surface area (Å²) in [7, 11) is 0. The van der Waals surface area contributed by atoms with E-state index in [1.807, 2.05) is 86.6 Å². The third-order valence-electron chi connectivity index (χ3n) is 4.17. The SMILES string of the molecule is Cc1ccc(NC(=O)/C=C/c2cccc(OCc3ccccc3)c2)c(C)c1. The second-order valence-corrected chi connectivity index (χ2v) is 6.49. The maximum Gasteiger partial charge on any atom is 0.248 e. The normalized spacial score (nSPS) is 10.7. The van der Waals surface area contributed by atoms with E-state index < -0.39 is 0 Å². The number of aryl methyl sites for hydroxylation is 2. The van der Waals surface area contributed by atoms with Crippen LogP contribution in [-0.2, 0) is 11.4 Å². The van der Waals surface area contributed by atoms with Gasteiger partial charge in [0.25, 0.3) is 0 Å². The van der Waals surface area contributed by atoms with Crippen LogP contribution in [0.15, 0.2) is 78.9 Å². The highest BCUT2D eigenvalue weighted by Gasteiger charge is 2.02. The molecule has 0 aliphatic heterocycles. The summed E-state index contributed by atoms with van der Waals surface area (Å²) in [4.78, 5) is 12.2. The zero-order valence-electron chi connectivity index (χ0n) is 15.6. The average molecular weight is 357 g/mol. The minimum atomic E-state index is -0.155. The number of amides is 1. The molecule has 0 bridgehead atoms. The molecule has 1 N–H and O–H groups in total. The van der Waals surface area contributed by atoms with E-state index in [0.717, 1.165) is 28.1 Å². The van der Waals surface area contributed by atoms with Crippen LogP contribution in [0.4, 0.5) is 5.69 Å². The molecule has 0 saturated carbocycles. The monoisotopic (exact) mass is 357 g/mol. The number of nitrogens with one attached hydrogen (secondary N) is 1. The van der Waals surface area contributed by atoms with Crippen molar-refractivity contribution in [2.75, 3.05) is 5.32 Å². The molecule has 1 amide bonds. The average Bonchev–Trinajstić information content (AvgIpc) is 2.68. The van der Waals surface area contributed by atoms with Gasteiger partial charge in [0.2, 0.25) is 5.91 Å². The van der Waals surface area contributed by atoms with E-state index in [0.29, 0.717) is 6.61 Å². The van der Waals surface area contributed by atoms with Crippen LogP contribution in [-0.4, -0.2) is 5.91 Å². The van der Waals surface area contributed by atoms with E-state index in [1.54, 1.807) is 6.08 Å². The lowest BCUT2D eigenvalue weighted by Gasteiger charge is -2.08. The van der Waals surface area contributed by atoms with Gasteiger partial charge in [-0.05, 0) is 54.8 Å². The summed E-state index contributed by atoms with van der Waals surface area (Å²) in [5, 5.41) is 2.91. The van der Waals surface area contributed by atoms with Crippen LogP contribution < -0.4 is 10.1 Å². The summed E-state index contributed by atoms with van der Waals surface area (Å²) < 4.78 is 5.83. The molecule has 0 aliphatic carbocycles. The van der Waals surface area contributed by atoms with Crippen molar-refractivity contribution in [2.24, 2.45) is 0 Å². The standard InChI is InChI=1S/C24H23NO2/c1-18-11-13-23(19(2)15-18)25-24(26)14-12-20-9-6-10-22(16-20)27-17-21-7-4-3-5-8-21/h3-16H,17H2,1-2H3,(H,25,26)/b14-12+. The van der Waals surface area contributed by atoms with Gasteiger partial charge >= 0.3 is 0 Å². The number of anilines is 1. The lowest BCUT2D eigenvalue weighted by atomic mass is 10.1. The van der Waals surface area contributed by atoms with Crippen LogP contribution in [0.5, 0.6) is 5.75 Å². The Labute approximate surface area is 160 Å². The topological polar surface area (TPSA) is 38.3 Å². The highest BCUT2D eigenvalue weighted by molar-refractivity contribution is 6.02. The van der Waals surface area contributed by atoms with Gasteiger partial charge in [0.1, 0.15) is 12.4 Å². The Balaban J connectivity index is 1.60. The molecule has 0 radical (unpaired) electrons. The quantitative estimate of drug-likeness (QED) is 0.589. The summed E-state index contributed by atoms with van der Waals surface area (Å²) in [6.45, 7) is 4.53. The largest absolute Gasteiger partial charge is 0.489 e. The molecule has 0 spiro atoms. The molecule has 27 heavy (non-hydrogen) atoms. The predicted molar refractivity (Wildman–Crippen MR) is 111 cm³/mol. The van der Waals surface area contributed by atoms with Crippen LogP contribution in [0.3, 0.4) is 0 Å². The molecule has 136 valence electrons. The number of hydrogen-bond acceptors (Lipinski definition) is 2. The minimum Gasteiger partial charge on any atom is -0.489 e. The maximum absolute atomic E-state index is 12.2. The number of benzene rings is 3. The van der Waals surface area contributed by atoms with Crippen LogP contribution >= 0.6 is 0 Å². The first kappa shape index (κ1) is 18.5. The molecule has 0 fully saturated rings. The smallest absolute Gasteiger partial charge is 0.248 e. The van der Waals surface area contributed by atoms with Gasteiger partial charge in [-0.25, -0.2) is 0 Å². The Morgan fingerprint density at radius 2 is 1.78 bits per heavy atom. The Morgan fingerprint density at radius 3 is 2.56 bits per heavy atom. The molecule has 3 aromatic rings. The highest BCUT2D eigenvalue weighted by atomic mass is 16.5. The van der Waals surface area contributed by atoms with E-state index in [2.05, 4.69) is 5.32 Å². The Bertz CT molecular complexity index is 946. The summed E-state index contributed by atoms with van der Waals surface area (Å²) in [6, 6.07) is 23.7. The van der Waals surface area contributed by atoms with Crippen molar-refractivity contribution in [1.82, 2.24) is 0 Å². The van der Waals surface area contributed by atoms with Crippen molar-refractivity contribution in [3.63, 3.8) is 0 Å². The number of hydrogen-bond donors (Lipinski definition) is 1. The summed E-state index contributed by atoms with van der Waals surface area (Å²) in [5.74, 6) is 0.619. The van der Waals surface area contributed by atoms with Crippen LogP contribution in [0.1, 0.15) is 22.3 Å². The van der Waals surface area contributed by atoms with Gasteiger partial charge in [-0.3, -0.25) is 4.79 Å². The maximum atomic E-state index is 12.2. The lowest BCUT2D eigenvalue weighted by molar-refractivity contribution is -0.111. The first-order chi connectivity index (χ1) is 13.1. The number of ether oxygens (including phenoxy) is 1. The van der Waals surface area contributed by atoms with E-state index in [4.69, 9.17) is 4.74 Å². The van der Waals surface area contributed by atoms with E-state index in [1.165, 1.54) is 11.6 Å². The predicted octanol–water partition coefficient (Wildman–Crippen LogP) is 5.53. The fraction of sp³-hybridized carbons (Fsp3) is 0.125. The zero-order valence-corrected chi connectivity index (χ0v) is 15.6. The summed E-state index contributed by atoms with van der Waals surface area (Å²) >= 11 is 0. The number of carbonyl (C=O) groups excluding carboxylic acids is 1. The van der Waals surface area contributed by atoms with Gasteiger partial charge in [0.05, 0.1) is 0 Å². The summed E-state index contributed by atoms with van der Waals surface area (Å²) in [5.41, 5.74) is 5.08. The first-order valence-electron chi connectivity index (χ1n) is 8.93. The van der Waals surface area contributed by atoms with Crippen molar-refractivity contribution in [3.05, 3.63) is 101 Å². The van der Waals surface area contributed by atoms with Crippen molar-refractivity contribution >= 4 is 17.7 Å². The number of carbonyl (C=O) groups is 1. The van der Waals surface area contributed by atoms with Gasteiger partial charge < -0.3 is 10.1 Å². The molecule has 3 heteroatoms. The van der Waals surface area contributed by atoms with Gasteiger partial charge in [-0.1, -0.05) is 60.2 Å². The first-order valence-corrected chi connectivity index (χ1v) is 8.93. The Hall–Kier alpha value is -3.33. The van der Waals surface area contributed by atoms with E-state index in [-0.39, 0.29) is 5.91 Å². The van der Waals surface area contributed by atoms with Crippen molar-refractivity contribution in [3.8, 4) is 5.75 Å². The molecule has 0 saturated heterocycles. The zero-order chi connectivity index (χ0) is 19.1. The molecule has 0 atom stereocenters. The second-order valence-electron chi connectivity index (χ2n) is 6.49.